The zero-order chi connectivity index (χ0) is 9.14. The molecule has 0 spiro atoms. The number of hydrogen-bond acceptors (Lipinski definition) is 2. The van der Waals surface area contributed by atoms with Gasteiger partial charge in [-0.25, -0.2) is 14.4 Å². The predicted molar refractivity (Wildman–Crippen MR) is 49.5 cm³/mol. The van der Waals surface area contributed by atoms with Crippen LogP contribution >= 0.6 is 39.1 Å². The highest BCUT2D eigenvalue weighted by Gasteiger charge is 2.10. The Bertz CT molecular complexity index is 295. The number of rotatable bonds is 2. The number of halogens is 4. The number of alkyl halides is 1. The Morgan fingerprint density at radius 2 is 2.00 bits per heavy atom. The molecule has 0 saturated carbocycles. The normalized spacial score (nSPS) is 10.3. The Labute approximate surface area is 87.2 Å². The molecule has 0 fully saturated rings. The highest BCUT2D eigenvalue weighted by atomic mass is 79.9. The van der Waals surface area contributed by atoms with Crippen molar-refractivity contribution in [2.24, 2.45) is 0 Å². The number of hydrogen-bond donors (Lipinski definition) is 0. The molecule has 0 unspecified atom stereocenters. The molecule has 0 amide bonds. The summed E-state index contributed by atoms with van der Waals surface area (Å²) in [4.78, 5) is 7.13. The quantitative estimate of drug-likeness (QED) is 0.470. The molecule has 12 heavy (non-hydrogen) atoms. The molecule has 6 heteroatoms. The van der Waals surface area contributed by atoms with Gasteiger partial charge in [-0.05, 0) is 11.6 Å². The third-order valence-corrected chi connectivity index (χ3v) is 2.00. The summed E-state index contributed by atoms with van der Waals surface area (Å²) in [6.45, 7) is 0. The lowest BCUT2D eigenvalue weighted by Crippen LogP contribution is -1.99. The molecule has 2 nitrogen and oxygen atoms in total. The first-order valence-electron chi connectivity index (χ1n) is 3.08. The van der Waals surface area contributed by atoms with Crippen molar-refractivity contribution < 1.29 is 4.39 Å². The van der Waals surface area contributed by atoms with Crippen molar-refractivity contribution in [2.75, 3.05) is 5.33 Å². The Morgan fingerprint density at radius 3 is 2.58 bits per heavy atom. The third-order valence-electron chi connectivity index (χ3n) is 1.18. The zero-order valence-electron chi connectivity index (χ0n) is 5.82. The van der Waals surface area contributed by atoms with Crippen molar-refractivity contribution in [1.82, 2.24) is 9.97 Å². The predicted octanol–water partition coefficient (Wildman–Crippen LogP) is 2.86. The van der Waals surface area contributed by atoms with E-state index < -0.39 is 5.82 Å². The summed E-state index contributed by atoms with van der Waals surface area (Å²) in [6, 6.07) is 0. The minimum absolute atomic E-state index is 0.0302. The SMILES string of the molecule is Fc1c(Cl)nc(Cl)nc1CCBr. The largest absolute Gasteiger partial charge is 0.224 e. The van der Waals surface area contributed by atoms with Crippen molar-refractivity contribution >= 4 is 39.1 Å². The summed E-state index contributed by atoms with van der Waals surface area (Å²) >= 11 is 14.1. The molecule has 0 aliphatic carbocycles. The van der Waals surface area contributed by atoms with Crippen LogP contribution in [0.25, 0.3) is 0 Å². The minimum atomic E-state index is -0.597. The van der Waals surface area contributed by atoms with Gasteiger partial charge in [0, 0.05) is 11.8 Å². The highest BCUT2D eigenvalue weighted by molar-refractivity contribution is 9.09. The molecule has 0 N–H and O–H groups in total. The van der Waals surface area contributed by atoms with Crippen molar-refractivity contribution in [3.63, 3.8) is 0 Å². The molecule has 0 saturated heterocycles. The highest BCUT2D eigenvalue weighted by Crippen LogP contribution is 2.17. The average molecular weight is 274 g/mol. The van der Waals surface area contributed by atoms with Gasteiger partial charge in [0.1, 0.15) is 0 Å². The van der Waals surface area contributed by atoms with Gasteiger partial charge < -0.3 is 0 Å². The van der Waals surface area contributed by atoms with E-state index in [0.717, 1.165) is 0 Å². The summed E-state index contributed by atoms with van der Waals surface area (Å²) < 4.78 is 13.0. The number of aromatic nitrogens is 2. The van der Waals surface area contributed by atoms with Crippen LogP contribution in [0.15, 0.2) is 0 Å². The Morgan fingerprint density at radius 1 is 1.33 bits per heavy atom. The van der Waals surface area contributed by atoms with Crippen molar-refractivity contribution in [2.45, 2.75) is 6.42 Å². The number of aryl methyl sites for hydroxylation is 1. The van der Waals surface area contributed by atoms with Crippen molar-refractivity contribution in [3.8, 4) is 0 Å². The summed E-state index contributed by atoms with van der Waals surface area (Å²) in [5.41, 5.74) is 0.233. The maximum absolute atomic E-state index is 13.0. The zero-order valence-corrected chi connectivity index (χ0v) is 8.92. The molecule has 1 aromatic rings. The molecule has 1 heterocycles. The van der Waals surface area contributed by atoms with Crippen LogP contribution in [0.5, 0.6) is 0 Å². The van der Waals surface area contributed by atoms with Crippen molar-refractivity contribution in [3.05, 3.63) is 21.9 Å². The molecule has 0 bridgehead atoms. The fourth-order valence-corrected chi connectivity index (χ4v) is 1.48. The van der Waals surface area contributed by atoms with E-state index in [1.807, 2.05) is 0 Å². The second-order valence-corrected chi connectivity index (χ2v) is 3.47. The maximum Gasteiger partial charge on any atom is 0.224 e. The molecule has 0 aliphatic rings. The Hall–Kier alpha value is 0.0700. The fraction of sp³-hybridized carbons (Fsp3) is 0.333. The van der Waals surface area contributed by atoms with Crippen LogP contribution in [0.2, 0.25) is 10.4 Å². The second kappa shape index (κ2) is 4.35. The first-order valence-corrected chi connectivity index (χ1v) is 4.96. The first-order chi connectivity index (χ1) is 5.65. The van der Waals surface area contributed by atoms with Gasteiger partial charge in [-0.1, -0.05) is 27.5 Å². The lowest BCUT2D eigenvalue weighted by atomic mass is 10.3. The summed E-state index contributed by atoms with van der Waals surface area (Å²) in [6.07, 6.45) is 0.438. The van der Waals surface area contributed by atoms with Gasteiger partial charge in [0.05, 0.1) is 5.69 Å². The lowest BCUT2D eigenvalue weighted by molar-refractivity contribution is 0.595. The Balaban J connectivity index is 3.09. The minimum Gasteiger partial charge on any atom is -0.220 e. The molecule has 0 aliphatic heterocycles. The summed E-state index contributed by atoms with van der Waals surface area (Å²) in [7, 11) is 0. The van der Waals surface area contributed by atoms with Gasteiger partial charge >= 0.3 is 0 Å². The fourth-order valence-electron chi connectivity index (χ4n) is 0.690. The average Bonchev–Trinajstić information content (AvgIpc) is 2.00. The van der Waals surface area contributed by atoms with E-state index in [4.69, 9.17) is 23.2 Å². The Kier molecular flexibility index (Phi) is 3.68. The van der Waals surface area contributed by atoms with Crippen molar-refractivity contribution in [1.29, 1.82) is 0 Å². The maximum atomic E-state index is 13.0. The van der Waals surface area contributed by atoms with Gasteiger partial charge in [0.2, 0.25) is 5.28 Å². The standard InChI is InChI=1S/C6H4BrCl2FN2/c7-2-1-3-4(10)5(8)12-6(9)11-3/h1-2H2. The van der Waals surface area contributed by atoms with E-state index in [-0.39, 0.29) is 16.1 Å². The van der Waals surface area contributed by atoms with Gasteiger partial charge in [-0.2, -0.15) is 0 Å². The molecule has 0 atom stereocenters. The van der Waals surface area contributed by atoms with Crippen LogP contribution in [-0.4, -0.2) is 15.3 Å². The van der Waals surface area contributed by atoms with Crippen LogP contribution < -0.4 is 0 Å². The van der Waals surface area contributed by atoms with Crippen LogP contribution in [-0.2, 0) is 6.42 Å². The van der Waals surface area contributed by atoms with E-state index in [1.165, 1.54) is 0 Å². The lowest BCUT2D eigenvalue weighted by Gasteiger charge is -2.00. The summed E-state index contributed by atoms with van der Waals surface area (Å²) in [5, 5.41) is 0.344. The number of nitrogens with zero attached hydrogens (tertiary/aromatic N) is 2. The van der Waals surface area contributed by atoms with E-state index >= 15 is 0 Å². The van der Waals surface area contributed by atoms with Crippen LogP contribution in [0.3, 0.4) is 0 Å². The summed E-state index contributed by atoms with van der Waals surface area (Å²) in [5.74, 6) is -0.597. The molecular weight excluding hydrogens is 270 g/mol. The van der Waals surface area contributed by atoms with Crippen LogP contribution in [0.4, 0.5) is 4.39 Å². The molecule has 0 aromatic carbocycles. The molecule has 1 rings (SSSR count). The molecule has 1 aromatic heterocycles. The van der Waals surface area contributed by atoms with E-state index in [9.17, 15) is 4.39 Å². The van der Waals surface area contributed by atoms with Gasteiger partial charge in [0.15, 0.2) is 11.0 Å². The molecule has 0 radical (unpaired) electrons. The van der Waals surface area contributed by atoms with Crippen LogP contribution in [0.1, 0.15) is 5.69 Å². The monoisotopic (exact) mass is 272 g/mol. The van der Waals surface area contributed by atoms with Gasteiger partial charge in [-0.3, -0.25) is 0 Å². The van der Waals surface area contributed by atoms with E-state index in [1.54, 1.807) is 0 Å². The van der Waals surface area contributed by atoms with Gasteiger partial charge in [0.25, 0.3) is 0 Å². The first kappa shape index (κ1) is 10.2. The van der Waals surface area contributed by atoms with Crippen LogP contribution in [0, 0.1) is 5.82 Å². The second-order valence-electron chi connectivity index (χ2n) is 1.98. The topological polar surface area (TPSA) is 25.8 Å². The smallest absolute Gasteiger partial charge is 0.220 e. The van der Waals surface area contributed by atoms with E-state index in [0.29, 0.717) is 11.8 Å². The third kappa shape index (κ3) is 2.28. The van der Waals surface area contributed by atoms with E-state index in [2.05, 4.69) is 25.9 Å². The molecular formula is C6H4BrCl2FN2. The molecule has 66 valence electrons. The van der Waals surface area contributed by atoms with Gasteiger partial charge in [-0.15, -0.1) is 0 Å².